The van der Waals surface area contributed by atoms with Crippen molar-refractivity contribution >= 4 is 11.9 Å². The molecule has 0 saturated carbocycles. The lowest BCUT2D eigenvalue weighted by molar-refractivity contribution is -0.142. The Kier molecular flexibility index (Phi) is 5.62. The maximum Gasteiger partial charge on any atom is 0.329 e. The van der Waals surface area contributed by atoms with Crippen LogP contribution in [0.4, 0.5) is 0 Å². The maximum atomic E-state index is 10.1. The lowest BCUT2D eigenvalue weighted by atomic mass is 10.2. The number of aliphatic carboxylic acids is 1. The van der Waals surface area contributed by atoms with Crippen molar-refractivity contribution in [2.45, 2.75) is 6.92 Å². The molecule has 0 aliphatic heterocycles. The van der Waals surface area contributed by atoms with E-state index < -0.39 is 5.97 Å². The first-order valence-corrected chi connectivity index (χ1v) is 3.87. The molecule has 0 radical (unpaired) electrons. The van der Waals surface area contributed by atoms with Crippen LogP contribution in [0.15, 0.2) is 4.99 Å². The van der Waals surface area contributed by atoms with Gasteiger partial charge in [-0.25, -0.2) is 4.79 Å². The molecule has 5 N–H and O–H groups in total. The average Bonchev–Trinajstić information content (AvgIpc) is 2.00. The minimum absolute atomic E-state index is 0.0325. The van der Waals surface area contributed by atoms with Crippen molar-refractivity contribution in [2.24, 2.45) is 22.4 Å². The van der Waals surface area contributed by atoms with E-state index in [0.717, 1.165) is 0 Å². The fourth-order valence-corrected chi connectivity index (χ4v) is 0.661. The van der Waals surface area contributed by atoms with E-state index in [4.69, 9.17) is 21.3 Å². The first kappa shape index (κ1) is 11.7. The Labute approximate surface area is 76.6 Å². The van der Waals surface area contributed by atoms with Crippen LogP contribution in [-0.2, 0) is 9.53 Å². The standard InChI is InChI=1S/C7H15N3O3/c1-5(2-10-7(8)9)3-13-4-6(11)12/h5H,2-4H2,1H3,(H,11,12)(H4,8,9,10). The summed E-state index contributed by atoms with van der Waals surface area (Å²) >= 11 is 0. The normalized spacial score (nSPS) is 12.1. The molecule has 0 aromatic rings. The molecule has 0 fully saturated rings. The smallest absolute Gasteiger partial charge is 0.329 e. The Bertz CT molecular complexity index is 189. The van der Waals surface area contributed by atoms with Gasteiger partial charge in [-0.3, -0.25) is 4.99 Å². The quantitative estimate of drug-likeness (QED) is 0.366. The van der Waals surface area contributed by atoms with Crippen molar-refractivity contribution in [3.8, 4) is 0 Å². The highest BCUT2D eigenvalue weighted by Crippen LogP contribution is 1.95. The van der Waals surface area contributed by atoms with Gasteiger partial charge in [0.2, 0.25) is 0 Å². The van der Waals surface area contributed by atoms with Crippen LogP contribution >= 0.6 is 0 Å². The summed E-state index contributed by atoms with van der Waals surface area (Å²) in [5.41, 5.74) is 10.2. The van der Waals surface area contributed by atoms with Gasteiger partial charge in [0, 0.05) is 6.54 Å². The third-order valence-electron chi connectivity index (χ3n) is 1.21. The van der Waals surface area contributed by atoms with E-state index in [1.165, 1.54) is 0 Å². The Balaban J connectivity index is 3.46. The fourth-order valence-electron chi connectivity index (χ4n) is 0.661. The van der Waals surface area contributed by atoms with E-state index in [1.54, 1.807) is 0 Å². The molecule has 0 bridgehead atoms. The summed E-state index contributed by atoms with van der Waals surface area (Å²) in [6.07, 6.45) is 0. The molecule has 0 aliphatic carbocycles. The number of carboxylic acid groups (broad SMARTS) is 1. The van der Waals surface area contributed by atoms with Crippen molar-refractivity contribution in [2.75, 3.05) is 19.8 Å². The van der Waals surface area contributed by atoms with Gasteiger partial charge in [-0.15, -0.1) is 0 Å². The van der Waals surface area contributed by atoms with Crippen LogP contribution in [0.1, 0.15) is 6.92 Å². The van der Waals surface area contributed by atoms with Crippen molar-refractivity contribution in [1.82, 2.24) is 0 Å². The van der Waals surface area contributed by atoms with Gasteiger partial charge >= 0.3 is 5.97 Å². The van der Waals surface area contributed by atoms with Crippen LogP contribution in [0.5, 0.6) is 0 Å². The van der Waals surface area contributed by atoms with E-state index in [1.807, 2.05) is 6.92 Å². The fraction of sp³-hybridized carbons (Fsp3) is 0.714. The molecule has 1 unspecified atom stereocenters. The van der Waals surface area contributed by atoms with Crippen molar-refractivity contribution < 1.29 is 14.6 Å². The van der Waals surface area contributed by atoms with Crippen LogP contribution in [0.2, 0.25) is 0 Å². The highest BCUT2D eigenvalue weighted by Gasteiger charge is 2.03. The molecule has 6 heteroatoms. The van der Waals surface area contributed by atoms with Gasteiger partial charge in [0.05, 0.1) is 6.61 Å². The van der Waals surface area contributed by atoms with Gasteiger partial charge in [0.1, 0.15) is 6.61 Å². The van der Waals surface area contributed by atoms with Gasteiger partial charge in [0.25, 0.3) is 0 Å². The van der Waals surface area contributed by atoms with E-state index in [2.05, 4.69) is 4.99 Å². The summed E-state index contributed by atoms with van der Waals surface area (Å²) in [6.45, 7) is 2.37. The maximum absolute atomic E-state index is 10.1. The minimum atomic E-state index is -0.978. The Hall–Kier alpha value is -1.30. The first-order chi connectivity index (χ1) is 6.02. The van der Waals surface area contributed by atoms with Crippen molar-refractivity contribution in [1.29, 1.82) is 0 Å². The van der Waals surface area contributed by atoms with Gasteiger partial charge < -0.3 is 21.3 Å². The summed E-state index contributed by atoms with van der Waals surface area (Å²) in [5, 5.41) is 8.25. The first-order valence-electron chi connectivity index (χ1n) is 3.87. The lowest BCUT2D eigenvalue weighted by Gasteiger charge is -2.07. The van der Waals surface area contributed by atoms with Crippen LogP contribution in [0.3, 0.4) is 0 Å². The monoisotopic (exact) mass is 189 g/mol. The molecule has 13 heavy (non-hydrogen) atoms. The molecule has 0 spiro atoms. The van der Waals surface area contributed by atoms with E-state index in [-0.39, 0.29) is 18.5 Å². The largest absolute Gasteiger partial charge is 0.480 e. The molecule has 0 aromatic heterocycles. The summed E-state index contributed by atoms with van der Waals surface area (Å²) < 4.78 is 4.84. The molecule has 0 saturated heterocycles. The molecule has 0 amide bonds. The zero-order chi connectivity index (χ0) is 10.3. The predicted octanol–water partition coefficient (Wildman–Crippen LogP) is -1.00. The third kappa shape index (κ3) is 8.61. The van der Waals surface area contributed by atoms with Gasteiger partial charge in [-0.1, -0.05) is 6.92 Å². The number of nitrogens with zero attached hydrogens (tertiary/aromatic N) is 1. The summed E-state index contributed by atoms with van der Waals surface area (Å²) in [6, 6.07) is 0. The van der Waals surface area contributed by atoms with Crippen molar-refractivity contribution in [3.63, 3.8) is 0 Å². The number of carboxylic acids is 1. The molecule has 0 rings (SSSR count). The zero-order valence-electron chi connectivity index (χ0n) is 7.56. The number of rotatable bonds is 6. The molecule has 0 heterocycles. The highest BCUT2D eigenvalue weighted by atomic mass is 16.5. The highest BCUT2D eigenvalue weighted by molar-refractivity contribution is 5.75. The zero-order valence-corrected chi connectivity index (χ0v) is 7.56. The molecule has 76 valence electrons. The van der Waals surface area contributed by atoms with Crippen LogP contribution < -0.4 is 11.5 Å². The van der Waals surface area contributed by atoms with Crippen LogP contribution in [0.25, 0.3) is 0 Å². The molecular weight excluding hydrogens is 174 g/mol. The second-order valence-corrected chi connectivity index (χ2v) is 2.78. The summed E-state index contributed by atoms with van der Waals surface area (Å²) in [5.74, 6) is -0.833. The predicted molar refractivity (Wildman–Crippen MR) is 48.3 cm³/mol. The SMILES string of the molecule is CC(CN=C(N)N)COCC(=O)O. The topological polar surface area (TPSA) is 111 Å². The third-order valence-corrected chi connectivity index (χ3v) is 1.21. The molecule has 6 nitrogen and oxygen atoms in total. The second-order valence-electron chi connectivity index (χ2n) is 2.78. The number of guanidine groups is 1. The average molecular weight is 189 g/mol. The summed E-state index contributed by atoms with van der Waals surface area (Å²) in [7, 11) is 0. The van der Waals surface area contributed by atoms with Crippen LogP contribution in [0, 0.1) is 5.92 Å². The van der Waals surface area contributed by atoms with Gasteiger partial charge in [0.15, 0.2) is 5.96 Å². The Morgan fingerprint density at radius 1 is 1.62 bits per heavy atom. The van der Waals surface area contributed by atoms with Crippen LogP contribution in [-0.4, -0.2) is 36.8 Å². The number of nitrogens with two attached hydrogens (primary N) is 2. The lowest BCUT2D eigenvalue weighted by Crippen LogP contribution is -2.24. The molecule has 0 aromatic carbocycles. The van der Waals surface area contributed by atoms with E-state index >= 15 is 0 Å². The number of hydrogen-bond acceptors (Lipinski definition) is 3. The van der Waals surface area contributed by atoms with Crippen molar-refractivity contribution in [3.05, 3.63) is 0 Å². The molecule has 0 aliphatic rings. The second kappa shape index (κ2) is 6.24. The number of aliphatic imine (C=N–C) groups is 1. The molecular formula is C7H15N3O3. The number of ether oxygens (including phenoxy) is 1. The number of carbonyl (C=O) groups is 1. The molecule has 1 atom stereocenters. The Morgan fingerprint density at radius 3 is 2.69 bits per heavy atom. The minimum Gasteiger partial charge on any atom is -0.480 e. The van der Waals surface area contributed by atoms with Gasteiger partial charge in [-0.2, -0.15) is 0 Å². The number of hydrogen-bond donors (Lipinski definition) is 3. The van der Waals surface area contributed by atoms with E-state index in [0.29, 0.717) is 13.2 Å². The van der Waals surface area contributed by atoms with Gasteiger partial charge in [-0.05, 0) is 5.92 Å². The summed E-state index contributed by atoms with van der Waals surface area (Å²) in [4.78, 5) is 13.8. The Morgan fingerprint density at radius 2 is 2.23 bits per heavy atom. The van der Waals surface area contributed by atoms with E-state index in [9.17, 15) is 4.79 Å².